The van der Waals surface area contributed by atoms with Crippen molar-refractivity contribution >= 4 is 29.1 Å². The highest BCUT2D eigenvalue weighted by molar-refractivity contribution is 6.34. The fraction of sp³-hybridized carbons (Fsp3) is 0.571. The molecule has 5 heteroatoms. The topological polar surface area (TPSA) is 33.2 Å². The second kappa shape index (κ2) is 5.29. The number of carbonyl (C=O) groups excluding carboxylic acids is 1. The van der Waals surface area contributed by atoms with Crippen LogP contribution >= 0.6 is 23.2 Å². The van der Waals surface area contributed by atoms with Crippen molar-refractivity contribution in [2.45, 2.75) is 25.7 Å². The van der Waals surface area contributed by atoms with Crippen molar-refractivity contribution < 1.29 is 4.79 Å². The Balaban J connectivity index is 1.78. The van der Waals surface area contributed by atoms with E-state index in [0.717, 1.165) is 13.1 Å². The summed E-state index contributed by atoms with van der Waals surface area (Å²) in [6.45, 7) is 1.67. The van der Waals surface area contributed by atoms with Crippen LogP contribution in [0.15, 0.2) is 12.1 Å². The molecule has 2 aliphatic rings. The van der Waals surface area contributed by atoms with Crippen molar-refractivity contribution in [3.05, 3.63) is 28.0 Å². The van der Waals surface area contributed by atoms with Crippen molar-refractivity contribution in [2.75, 3.05) is 13.1 Å². The summed E-state index contributed by atoms with van der Waals surface area (Å²) in [5, 5.41) is 0.691. The molecule has 19 heavy (non-hydrogen) atoms. The summed E-state index contributed by atoms with van der Waals surface area (Å²) >= 11 is 11.9. The Morgan fingerprint density at radius 2 is 1.74 bits per heavy atom. The van der Waals surface area contributed by atoms with Gasteiger partial charge in [-0.05, 0) is 49.7 Å². The third kappa shape index (κ3) is 3.40. The molecule has 2 fully saturated rings. The molecule has 0 N–H and O–H groups in total. The number of nitrogens with zero attached hydrogens (tertiary/aromatic N) is 2. The summed E-state index contributed by atoms with van der Waals surface area (Å²) in [7, 11) is 0. The first-order chi connectivity index (χ1) is 9.13. The lowest BCUT2D eigenvalue weighted by atomic mass is 10.2. The first-order valence-electron chi connectivity index (χ1n) is 6.75. The van der Waals surface area contributed by atoms with E-state index in [2.05, 4.69) is 4.98 Å². The van der Waals surface area contributed by atoms with E-state index in [-0.39, 0.29) is 11.6 Å². The van der Waals surface area contributed by atoms with Gasteiger partial charge in [-0.15, -0.1) is 0 Å². The maximum absolute atomic E-state index is 12.6. The van der Waals surface area contributed by atoms with E-state index in [1.54, 1.807) is 12.1 Å². The van der Waals surface area contributed by atoms with Crippen LogP contribution in [0.3, 0.4) is 0 Å². The molecule has 0 atom stereocenters. The Hall–Kier alpha value is -0.800. The van der Waals surface area contributed by atoms with Crippen LogP contribution in [0, 0.1) is 11.8 Å². The predicted octanol–water partition coefficient (Wildman–Crippen LogP) is 3.65. The van der Waals surface area contributed by atoms with Crippen LogP contribution < -0.4 is 0 Å². The van der Waals surface area contributed by atoms with E-state index < -0.39 is 0 Å². The fourth-order valence-electron chi connectivity index (χ4n) is 2.18. The van der Waals surface area contributed by atoms with Crippen LogP contribution in [-0.2, 0) is 0 Å². The summed E-state index contributed by atoms with van der Waals surface area (Å²) in [5.41, 5.74) is 0.287. The summed E-state index contributed by atoms with van der Waals surface area (Å²) < 4.78 is 0. The molecule has 0 radical (unpaired) electrons. The SMILES string of the molecule is O=C(c1nc(Cl)ccc1Cl)N(CC1CC1)CC1CC1. The average molecular weight is 299 g/mol. The third-order valence-corrected chi connectivity index (χ3v) is 4.17. The number of rotatable bonds is 5. The number of amides is 1. The number of carbonyl (C=O) groups is 1. The molecule has 3 nitrogen and oxygen atoms in total. The van der Waals surface area contributed by atoms with Crippen molar-refractivity contribution in [1.82, 2.24) is 9.88 Å². The molecule has 2 saturated carbocycles. The van der Waals surface area contributed by atoms with Crippen LogP contribution in [0.5, 0.6) is 0 Å². The predicted molar refractivity (Wildman–Crippen MR) is 75.6 cm³/mol. The van der Waals surface area contributed by atoms with Gasteiger partial charge in [0.2, 0.25) is 0 Å². The van der Waals surface area contributed by atoms with Gasteiger partial charge in [0, 0.05) is 13.1 Å². The van der Waals surface area contributed by atoms with Crippen molar-refractivity contribution in [3.63, 3.8) is 0 Å². The summed E-state index contributed by atoms with van der Waals surface area (Å²) in [6, 6.07) is 3.24. The molecule has 0 aromatic carbocycles. The monoisotopic (exact) mass is 298 g/mol. The van der Waals surface area contributed by atoms with Gasteiger partial charge >= 0.3 is 0 Å². The summed E-state index contributed by atoms with van der Waals surface area (Å²) in [6.07, 6.45) is 4.91. The number of hydrogen-bond acceptors (Lipinski definition) is 2. The molecule has 0 aliphatic heterocycles. The van der Waals surface area contributed by atoms with Crippen LogP contribution in [0.1, 0.15) is 36.2 Å². The molecular weight excluding hydrogens is 283 g/mol. The standard InChI is InChI=1S/C14H16Cl2N2O/c15-11-5-6-12(16)17-13(11)14(19)18(7-9-1-2-9)8-10-3-4-10/h5-6,9-10H,1-4,7-8H2. The van der Waals surface area contributed by atoms with E-state index in [1.165, 1.54) is 25.7 Å². The summed E-state index contributed by atoms with van der Waals surface area (Å²) in [5.74, 6) is 1.26. The molecule has 1 amide bonds. The van der Waals surface area contributed by atoms with Gasteiger partial charge in [-0.2, -0.15) is 0 Å². The van der Waals surface area contributed by atoms with Crippen molar-refractivity contribution in [3.8, 4) is 0 Å². The zero-order valence-corrected chi connectivity index (χ0v) is 12.1. The number of halogens is 2. The fourth-order valence-corrected chi connectivity index (χ4v) is 2.52. The lowest BCUT2D eigenvalue weighted by Gasteiger charge is -2.22. The molecule has 1 aromatic rings. The molecule has 1 heterocycles. The van der Waals surface area contributed by atoms with Gasteiger partial charge in [0.15, 0.2) is 0 Å². The molecule has 1 aromatic heterocycles. The van der Waals surface area contributed by atoms with Gasteiger partial charge in [0.05, 0.1) is 5.02 Å². The second-order valence-electron chi connectivity index (χ2n) is 5.56. The molecule has 2 aliphatic carbocycles. The minimum Gasteiger partial charge on any atom is -0.337 e. The molecule has 0 bridgehead atoms. The van der Waals surface area contributed by atoms with Crippen LogP contribution in [0.4, 0.5) is 0 Å². The second-order valence-corrected chi connectivity index (χ2v) is 6.36. The number of hydrogen-bond donors (Lipinski definition) is 0. The maximum Gasteiger partial charge on any atom is 0.274 e. The first-order valence-corrected chi connectivity index (χ1v) is 7.50. The third-order valence-electron chi connectivity index (χ3n) is 3.65. The average Bonchev–Trinajstić information content (AvgIpc) is 3.25. The minimum atomic E-state index is -0.0775. The number of aromatic nitrogens is 1. The number of pyridine rings is 1. The Morgan fingerprint density at radius 3 is 2.26 bits per heavy atom. The van der Waals surface area contributed by atoms with E-state index in [9.17, 15) is 4.79 Å². The lowest BCUT2D eigenvalue weighted by molar-refractivity contribution is 0.0734. The van der Waals surface area contributed by atoms with Gasteiger partial charge in [0.25, 0.3) is 5.91 Å². The van der Waals surface area contributed by atoms with E-state index in [1.807, 2.05) is 4.90 Å². The molecule has 0 unspecified atom stereocenters. The maximum atomic E-state index is 12.6. The van der Waals surface area contributed by atoms with E-state index in [4.69, 9.17) is 23.2 Å². The Morgan fingerprint density at radius 1 is 1.16 bits per heavy atom. The molecule has 0 spiro atoms. The van der Waals surface area contributed by atoms with Gasteiger partial charge in [-0.1, -0.05) is 23.2 Å². The van der Waals surface area contributed by atoms with E-state index >= 15 is 0 Å². The van der Waals surface area contributed by atoms with Crippen LogP contribution in [-0.4, -0.2) is 28.9 Å². The minimum absolute atomic E-state index is 0.0775. The quantitative estimate of drug-likeness (QED) is 0.778. The largest absolute Gasteiger partial charge is 0.337 e. The molecule has 0 saturated heterocycles. The van der Waals surface area contributed by atoms with Crippen LogP contribution in [0.2, 0.25) is 10.2 Å². The molecule has 102 valence electrons. The highest BCUT2D eigenvalue weighted by Crippen LogP contribution is 2.34. The highest BCUT2D eigenvalue weighted by atomic mass is 35.5. The Labute approximate surface area is 122 Å². The first kappa shape index (κ1) is 13.2. The smallest absolute Gasteiger partial charge is 0.274 e. The van der Waals surface area contributed by atoms with E-state index in [0.29, 0.717) is 22.0 Å². The lowest BCUT2D eigenvalue weighted by Crippen LogP contribution is -2.35. The highest BCUT2D eigenvalue weighted by Gasteiger charge is 2.32. The van der Waals surface area contributed by atoms with Crippen molar-refractivity contribution in [2.24, 2.45) is 11.8 Å². The Kier molecular flexibility index (Phi) is 3.68. The van der Waals surface area contributed by atoms with Gasteiger partial charge in [0.1, 0.15) is 10.8 Å². The zero-order chi connectivity index (χ0) is 13.4. The van der Waals surface area contributed by atoms with Gasteiger partial charge in [-0.25, -0.2) is 4.98 Å². The summed E-state index contributed by atoms with van der Waals surface area (Å²) in [4.78, 5) is 18.6. The van der Waals surface area contributed by atoms with Gasteiger partial charge in [-0.3, -0.25) is 4.79 Å². The van der Waals surface area contributed by atoms with Crippen molar-refractivity contribution in [1.29, 1.82) is 0 Å². The zero-order valence-electron chi connectivity index (χ0n) is 10.6. The molecule has 3 rings (SSSR count). The normalized spacial score (nSPS) is 18.4. The van der Waals surface area contributed by atoms with Crippen LogP contribution in [0.25, 0.3) is 0 Å². The Bertz CT molecular complexity index is 484. The van der Waals surface area contributed by atoms with Gasteiger partial charge < -0.3 is 4.90 Å². The molecular formula is C14H16Cl2N2O.